The first-order valence-electron chi connectivity index (χ1n) is 21.8. The molecule has 0 spiro atoms. The largest absolute Gasteiger partial charge is 0.464 e. The minimum absolute atomic E-state index is 0.0113. The van der Waals surface area contributed by atoms with Gasteiger partial charge in [0.2, 0.25) is 0 Å². The third-order valence-corrected chi connectivity index (χ3v) is 14.9. The second-order valence-corrected chi connectivity index (χ2v) is 21.7. The lowest BCUT2D eigenvalue weighted by Crippen LogP contribution is -2.60. The molecule has 0 radical (unpaired) electrons. The molecule has 0 saturated heterocycles. The number of rotatable bonds is 2. The maximum Gasteiger partial charge on any atom is 0.333 e. The highest BCUT2D eigenvalue weighted by atomic mass is 32.1. The van der Waals surface area contributed by atoms with Crippen LogP contribution in [-0.2, 0) is 16.2 Å². The fourth-order valence-corrected chi connectivity index (χ4v) is 11.7. The van der Waals surface area contributed by atoms with E-state index in [0.29, 0.717) is 0 Å². The minimum Gasteiger partial charge on any atom is -0.464 e. The Kier molecular flexibility index (Phi) is 7.41. The van der Waals surface area contributed by atoms with Crippen LogP contribution in [0.3, 0.4) is 0 Å². The molecule has 0 atom stereocenters. The Morgan fingerprint density at radius 1 is 0.557 bits per heavy atom. The molecule has 61 heavy (non-hydrogen) atoms. The van der Waals surface area contributed by atoms with Gasteiger partial charge in [0.1, 0.15) is 5.58 Å². The van der Waals surface area contributed by atoms with Gasteiger partial charge in [0.05, 0.1) is 17.3 Å². The van der Waals surface area contributed by atoms with E-state index in [0.717, 1.165) is 22.1 Å². The molecule has 298 valence electrons. The molecular formula is C56H49BN2OS. The molecule has 3 nitrogen and oxygen atoms in total. The van der Waals surface area contributed by atoms with E-state index in [2.05, 4.69) is 199 Å². The van der Waals surface area contributed by atoms with E-state index in [1.807, 2.05) is 17.6 Å². The smallest absolute Gasteiger partial charge is 0.333 e. The summed E-state index contributed by atoms with van der Waals surface area (Å²) < 4.78 is 11.9. The van der Waals surface area contributed by atoms with Gasteiger partial charge in [-0.1, -0.05) is 135 Å². The molecule has 2 aliphatic heterocycles. The standard InChI is InChI=1S/C56H49BN2OS/c1-54(2,3)33-19-23-36(24-20-33)59-44-26-22-35(56(7,8)9)28-40(44)48-49-37-17-13-14-18-47(37)61-53(49)50-39-27-34(55(4,5)6)21-25-43(39)58-45-29-38-41(32-15-11-10-12-16-32)31-60-46(38)30-42(45)57(59)51(48)52(50)58/h10-31H,1-9H3. The first-order chi connectivity index (χ1) is 29.2. The van der Waals surface area contributed by atoms with E-state index in [4.69, 9.17) is 4.42 Å². The van der Waals surface area contributed by atoms with Crippen LogP contribution in [0.1, 0.15) is 79.0 Å². The molecule has 0 bridgehead atoms. The predicted molar refractivity (Wildman–Crippen MR) is 264 cm³/mol. The Hall–Kier alpha value is -6.04. The Morgan fingerprint density at radius 3 is 1.97 bits per heavy atom. The molecule has 0 N–H and O–H groups in total. The molecule has 3 aromatic heterocycles. The highest BCUT2D eigenvalue weighted by molar-refractivity contribution is 7.27. The Bertz CT molecular complexity index is 3470. The van der Waals surface area contributed by atoms with E-state index in [1.54, 1.807) is 0 Å². The van der Waals surface area contributed by atoms with Crippen LogP contribution in [0.5, 0.6) is 0 Å². The number of anilines is 2. The quantitative estimate of drug-likeness (QED) is 0.162. The summed E-state index contributed by atoms with van der Waals surface area (Å²) in [7, 11) is 0. The third kappa shape index (κ3) is 5.17. The molecule has 5 heteroatoms. The summed E-state index contributed by atoms with van der Waals surface area (Å²) in [6, 6.07) is 48.6. The van der Waals surface area contributed by atoms with Crippen molar-refractivity contribution in [3.63, 3.8) is 0 Å². The van der Waals surface area contributed by atoms with Gasteiger partial charge in [-0.05, 0) is 110 Å². The van der Waals surface area contributed by atoms with Crippen molar-refractivity contribution in [2.45, 2.75) is 78.6 Å². The number of aromatic nitrogens is 1. The van der Waals surface area contributed by atoms with Gasteiger partial charge in [-0.15, -0.1) is 11.3 Å². The molecule has 7 aromatic carbocycles. The van der Waals surface area contributed by atoms with Crippen molar-refractivity contribution < 1.29 is 4.42 Å². The van der Waals surface area contributed by atoms with Crippen molar-refractivity contribution in [3.8, 4) is 27.9 Å². The zero-order valence-electron chi connectivity index (χ0n) is 36.5. The average molecular weight is 809 g/mol. The van der Waals surface area contributed by atoms with Crippen molar-refractivity contribution in [1.82, 2.24) is 4.57 Å². The number of benzene rings is 7. The van der Waals surface area contributed by atoms with E-state index in [1.165, 1.54) is 97.8 Å². The van der Waals surface area contributed by atoms with Crippen LogP contribution in [0, 0.1) is 0 Å². The molecule has 12 rings (SSSR count). The number of furan rings is 1. The zero-order valence-corrected chi connectivity index (χ0v) is 37.3. The lowest BCUT2D eigenvalue weighted by Gasteiger charge is -2.43. The first kappa shape index (κ1) is 36.8. The van der Waals surface area contributed by atoms with E-state index >= 15 is 0 Å². The molecule has 5 heterocycles. The second-order valence-electron chi connectivity index (χ2n) is 20.6. The van der Waals surface area contributed by atoms with Gasteiger partial charge in [0.15, 0.2) is 0 Å². The lowest BCUT2D eigenvalue weighted by atomic mass is 9.43. The van der Waals surface area contributed by atoms with Crippen molar-refractivity contribution >= 4 is 93.4 Å². The lowest BCUT2D eigenvalue weighted by molar-refractivity contribution is 0.590. The summed E-state index contributed by atoms with van der Waals surface area (Å²) in [6.07, 6.45) is 1.96. The van der Waals surface area contributed by atoms with Crippen LogP contribution in [0.15, 0.2) is 138 Å². The maximum atomic E-state index is 6.60. The van der Waals surface area contributed by atoms with Gasteiger partial charge in [0.25, 0.3) is 0 Å². The van der Waals surface area contributed by atoms with Gasteiger partial charge >= 0.3 is 6.85 Å². The molecule has 0 amide bonds. The molecule has 0 unspecified atom stereocenters. The van der Waals surface area contributed by atoms with Gasteiger partial charge in [0, 0.05) is 64.5 Å². The van der Waals surface area contributed by atoms with Gasteiger partial charge < -0.3 is 13.8 Å². The van der Waals surface area contributed by atoms with Crippen LogP contribution < -0.4 is 15.7 Å². The van der Waals surface area contributed by atoms with Crippen LogP contribution in [0.25, 0.3) is 80.9 Å². The molecule has 0 fully saturated rings. The second kappa shape index (κ2) is 12.3. The number of hydrogen-bond acceptors (Lipinski definition) is 3. The topological polar surface area (TPSA) is 21.3 Å². The molecule has 10 aromatic rings. The van der Waals surface area contributed by atoms with E-state index in [-0.39, 0.29) is 23.1 Å². The Labute approximate surface area is 362 Å². The van der Waals surface area contributed by atoms with Crippen LogP contribution in [0.4, 0.5) is 11.4 Å². The van der Waals surface area contributed by atoms with Gasteiger partial charge in [-0.25, -0.2) is 0 Å². The van der Waals surface area contributed by atoms with Crippen LogP contribution >= 0.6 is 11.3 Å². The summed E-state index contributed by atoms with van der Waals surface area (Å²) in [6.45, 7) is 20.8. The maximum absolute atomic E-state index is 6.60. The molecule has 0 aliphatic carbocycles. The van der Waals surface area contributed by atoms with Crippen molar-refractivity contribution in [2.75, 3.05) is 4.81 Å². The highest BCUT2D eigenvalue weighted by Gasteiger charge is 2.46. The Morgan fingerprint density at radius 2 is 1.23 bits per heavy atom. The third-order valence-electron chi connectivity index (χ3n) is 13.7. The highest BCUT2D eigenvalue weighted by Crippen LogP contribution is 2.53. The van der Waals surface area contributed by atoms with Crippen LogP contribution in [-0.4, -0.2) is 11.4 Å². The fourth-order valence-electron chi connectivity index (χ4n) is 10.5. The van der Waals surface area contributed by atoms with Gasteiger partial charge in [-0.3, -0.25) is 0 Å². The summed E-state index contributed by atoms with van der Waals surface area (Å²) in [5.41, 5.74) is 18.7. The number of nitrogens with zero attached hydrogens (tertiary/aromatic N) is 2. The summed E-state index contributed by atoms with van der Waals surface area (Å²) in [4.78, 5) is 2.66. The summed E-state index contributed by atoms with van der Waals surface area (Å²) in [5.74, 6) is 0. The SMILES string of the molecule is CC(C)(C)c1ccc(N2B3c4cc5occ(-c6ccccc6)c5cc4-n4c5ccc(C(C)(C)C)cc5c5c6sc7ccccc7c6c(c3c54)-c3cc(C(C)(C)C)ccc32)cc1. The molecule has 0 saturated carbocycles. The number of hydrogen-bond donors (Lipinski definition) is 0. The first-order valence-corrected chi connectivity index (χ1v) is 22.6. The average Bonchev–Trinajstić information content (AvgIpc) is 3.93. The predicted octanol–water partition coefficient (Wildman–Crippen LogP) is 14.7. The Balaban J connectivity index is 1.32. The van der Waals surface area contributed by atoms with Gasteiger partial charge in [-0.2, -0.15) is 0 Å². The molecular weight excluding hydrogens is 760 g/mol. The van der Waals surface area contributed by atoms with E-state index in [9.17, 15) is 0 Å². The number of thiophene rings is 1. The van der Waals surface area contributed by atoms with Crippen molar-refractivity contribution in [3.05, 3.63) is 150 Å². The van der Waals surface area contributed by atoms with Crippen molar-refractivity contribution in [1.29, 1.82) is 0 Å². The fraction of sp³-hybridized carbons (Fsp3) is 0.214. The van der Waals surface area contributed by atoms with E-state index < -0.39 is 0 Å². The summed E-state index contributed by atoms with van der Waals surface area (Å²) >= 11 is 1.96. The zero-order chi connectivity index (χ0) is 41.9. The minimum atomic E-state index is -0.127. The van der Waals surface area contributed by atoms with Crippen LogP contribution in [0.2, 0.25) is 0 Å². The van der Waals surface area contributed by atoms with Crippen molar-refractivity contribution in [2.24, 2.45) is 0 Å². The monoisotopic (exact) mass is 808 g/mol. The normalized spacial score (nSPS) is 13.9. The number of fused-ring (bicyclic) bond motifs is 14. The molecule has 2 aliphatic rings. The summed E-state index contributed by atoms with van der Waals surface area (Å²) in [5, 5.41) is 6.51.